The minimum atomic E-state index is -4.38. The van der Waals surface area contributed by atoms with Crippen LogP contribution < -0.4 is 16.4 Å². The highest BCUT2D eigenvalue weighted by Gasteiger charge is 2.31. The number of nitrogens with two attached hydrogens (primary N) is 2. The van der Waals surface area contributed by atoms with Gasteiger partial charge in [-0.25, -0.2) is 4.99 Å². The van der Waals surface area contributed by atoms with Gasteiger partial charge in [0.25, 0.3) is 0 Å². The first-order valence-corrected chi connectivity index (χ1v) is 6.96. The lowest BCUT2D eigenvalue weighted by Crippen LogP contribution is -2.44. The molecule has 0 amide bonds. The zero-order valence-electron chi connectivity index (χ0n) is 12.4. The van der Waals surface area contributed by atoms with Crippen LogP contribution in [0, 0.1) is 0 Å². The van der Waals surface area contributed by atoms with Crippen molar-refractivity contribution in [2.24, 2.45) is 16.5 Å². The summed E-state index contributed by atoms with van der Waals surface area (Å²) in [5.41, 5.74) is 11.1. The van der Waals surface area contributed by atoms with Crippen LogP contribution in [0.4, 0.5) is 18.9 Å². The standard InChI is InChI=1S/C14H20F3N5/c1-21-4-6-22(7-5-21)12-3-2-11(14(15,16)17)8-10(12)9-20-13(18)19/h2-3,8H,4-7,9H2,1H3,(H4,18,19,20). The second kappa shape index (κ2) is 6.43. The number of halogens is 3. The Morgan fingerprint density at radius 3 is 2.36 bits per heavy atom. The maximum absolute atomic E-state index is 12.9. The first-order valence-electron chi connectivity index (χ1n) is 6.96. The number of alkyl halides is 3. The van der Waals surface area contributed by atoms with E-state index < -0.39 is 11.7 Å². The average molecular weight is 315 g/mol. The summed E-state index contributed by atoms with van der Waals surface area (Å²) in [5.74, 6) is -0.137. The van der Waals surface area contributed by atoms with E-state index in [-0.39, 0.29) is 12.5 Å². The molecule has 8 heteroatoms. The Morgan fingerprint density at radius 1 is 1.18 bits per heavy atom. The van der Waals surface area contributed by atoms with Crippen LogP contribution in [0.3, 0.4) is 0 Å². The van der Waals surface area contributed by atoms with Gasteiger partial charge < -0.3 is 21.3 Å². The van der Waals surface area contributed by atoms with Crippen molar-refractivity contribution in [2.45, 2.75) is 12.7 Å². The lowest BCUT2D eigenvalue weighted by atomic mass is 10.1. The summed E-state index contributed by atoms with van der Waals surface area (Å²) in [6.45, 7) is 3.28. The van der Waals surface area contributed by atoms with Gasteiger partial charge >= 0.3 is 6.18 Å². The largest absolute Gasteiger partial charge is 0.416 e. The van der Waals surface area contributed by atoms with Crippen molar-refractivity contribution in [2.75, 3.05) is 38.1 Å². The molecule has 1 aliphatic rings. The van der Waals surface area contributed by atoms with Gasteiger partial charge in [0.2, 0.25) is 0 Å². The molecule has 1 fully saturated rings. The molecule has 1 aliphatic heterocycles. The predicted molar refractivity (Wildman–Crippen MR) is 80.7 cm³/mol. The van der Waals surface area contributed by atoms with Gasteiger partial charge in [-0.2, -0.15) is 13.2 Å². The second-order valence-corrected chi connectivity index (χ2v) is 5.37. The van der Waals surface area contributed by atoms with Crippen LogP contribution in [0.2, 0.25) is 0 Å². The third-order valence-corrected chi connectivity index (χ3v) is 3.68. The Morgan fingerprint density at radius 2 is 1.82 bits per heavy atom. The summed E-state index contributed by atoms with van der Waals surface area (Å²) in [7, 11) is 2.02. The third-order valence-electron chi connectivity index (χ3n) is 3.68. The van der Waals surface area contributed by atoms with Gasteiger partial charge in [-0.3, -0.25) is 0 Å². The van der Waals surface area contributed by atoms with E-state index >= 15 is 0 Å². The molecule has 0 radical (unpaired) electrons. The summed E-state index contributed by atoms with van der Waals surface area (Å²) in [6.07, 6.45) is -4.38. The zero-order chi connectivity index (χ0) is 16.3. The van der Waals surface area contributed by atoms with Gasteiger partial charge in [0.1, 0.15) is 0 Å². The van der Waals surface area contributed by atoms with Crippen LogP contribution in [0.1, 0.15) is 11.1 Å². The number of aliphatic imine (C=N–C) groups is 1. The van der Waals surface area contributed by atoms with Gasteiger partial charge in [0.15, 0.2) is 5.96 Å². The molecule has 5 nitrogen and oxygen atoms in total. The van der Waals surface area contributed by atoms with E-state index in [2.05, 4.69) is 14.8 Å². The number of hydrogen-bond donors (Lipinski definition) is 2. The van der Waals surface area contributed by atoms with Crippen LogP contribution in [0.5, 0.6) is 0 Å². The summed E-state index contributed by atoms with van der Waals surface area (Å²) in [5, 5.41) is 0. The molecular formula is C14H20F3N5. The smallest absolute Gasteiger partial charge is 0.370 e. The molecule has 0 aliphatic carbocycles. The molecule has 0 spiro atoms. The van der Waals surface area contributed by atoms with E-state index in [0.717, 1.165) is 44.0 Å². The molecular weight excluding hydrogens is 295 g/mol. The molecule has 4 N–H and O–H groups in total. The fourth-order valence-electron chi connectivity index (χ4n) is 2.42. The number of hydrogen-bond acceptors (Lipinski definition) is 3. The van der Waals surface area contributed by atoms with Crippen LogP contribution in [-0.4, -0.2) is 44.1 Å². The van der Waals surface area contributed by atoms with Crippen molar-refractivity contribution in [3.8, 4) is 0 Å². The van der Waals surface area contributed by atoms with E-state index in [1.165, 1.54) is 6.07 Å². The SMILES string of the molecule is CN1CCN(c2ccc(C(F)(F)F)cc2CN=C(N)N)CC1. The molecule has 0 bridgehead atoms. The molecule has 1 aromatic carbocycles. The molecule has 0 aromatic heterocycles. The molecule has 0 unspecified atom stereocenters. The summed E-state index contributed by atoms with van der Waals surface area (Å²) < 4.78 is 38.7. The van der Waals surface area contributed by atoms with Gasteiger partial charge in [-0.1, -0.05) is 0 Å². The molecule has 0 saturated carbocycles. The quantitative estimate of drug-likeness (QED) is 0.650. The van der Waals surface area contributed by atoms with Gasteiger partial charge in [0.05, 0.1) is 12.1 Å². The molecule has 22 heavy (non-hydrogen) atoms. The normalized spacial score (nSPS) is 16.6. The summed E-state index contributed by atoms with van der Waals surface area (Å²) >= 11 is 0. The van der Waals surface area contributed by atoms with Crippen molar-refractivity contribution in [1.82, 2.24) is 4.90 Å². The van der Waals surface area contributed by atoms with E-state index in [4.69, 9.17) is 11.5 Å². The lowest BCUT2D eigenvalue weighted by molar-refractivity contribution is -0.137. The minimum Gasteiger partial charge on any atom is -0.370 e. The number of guanidine groups is 1. The fraction of sp³-hybridized carbons (Fsp3) is 0.500. The number of piperazine rings is 1. The molecule has 1 saturated heterocycles. The van der Waals surface area contributed by atoms with Crippen LogP contribution >= 0.6 is 0 Å². The predicted octanol–water partition coefficient (Wildman–Crippen LogP) is 1.23. The van der Waals surface area contributed by atoms with E-state index in [1.807, 2.05) is 7.05 Å². The molecule has 1 heterocycles. The van der Waals surface area contributed by atoms with E-state index in [9.17, 15) is 13.2 Å². The number of nitrogens with zero attached hydrogens (tertiary/aromatic N) is 3. The zero-order valence-corrected chi connectivity index (χ0v) is 12.4. The van der Waals surface area contributed by atoms with Crippen molar-refractivity contribution in [1.29, 1.82) is 0 Å². The molecule has 1 aromatic rings. The first kappa shape index (κ1) is 16.4. The fourth-order valence-corrected chi connectivity index (χ4v) is 2.42. The molecule has 2 rings (SSSR count). The summed E-state index contributed by atoms with van der Waals surface area (Å²) in [4.78, 5) is 8.10. The number of rotatable bonds is 3. The Balaban J connectivity index is 2.33. The summed E-state index contributed by atoms with van der Waals surface area (Å²) in [6, 6.07) is 3.73. The van der Waals surface area contributed by atoms with Crippen LogP contribution in [0.15, 0.2) is 23.2 Å². The van der Waals surface area contributed by atoms with Gasteiger partial charge in [0, 0.05) is 31.9 Å². The van der Waals surface area contributed by atoms with E-state index in [0.29, 0.717) is 5.56 Å². The van der Waals surface area contributed by atoms with Gasteiger partial charge in [-0.15, -0.1) is 0 Å². The van der Waals surface area contributed by atoms with Crippen molar-refractivity contribution in [3.05, 3.63) is 29.3 Å². The first-order chi connectivity index (χ1) is 10.3. The highest BCUT2D eigenvalue weighted by Crippen LogP contribution is 2.33. The average Bonchev–Trinajstić information content (AvgIpc) is 2.45. The maximum Gasteiger partial charge on any atom is 0.416 e. The highest BCUT2D eigenvalue weighted by molar-refractivity contribution is 5.75. The van der Waals surface area contributed by atoms with Crippen molar-refractivity contribution >= 4 is 11.6 Å². The minimum absolute atomic E-state index is 0.0356. The topological polar surface area (TPSA) is 70.9 Å². The van der Waals surface area contributed by atoms with Gasteiger partial charge in [-0.05, 0) is 30.8 Å². The molecule has 122 valence electrons. The monoisotopic (exact) mass is 315 g/mol. The molecule has 0 atom stereocenters. The number of benzene rings is 1. The number of likely N-dealkylation sites (N-methyl/N-ethyl adjacent to an activating group) is 1. The maximum atomic E-state index is 12.9. The number of anilines is 1. The Labute approximate surface area is 127 Å². The Kier molecular flexibility index (Phi) is 4.80. The Bertz CT molecular complexity index is 544. The van der Waals surface area contributed by atoms with E-state index in [1.54, 1.807) is 0 Å². The lowest BCUT2D eigenvalue weighted by Gasteiger charge is -2.35. The second-order valence-electron chi connectivity index (χ2n) is 5.37. The van der Waals surface area contributed by atoms with Crippen molar-refractivity contribution in [3.63, 3.8) is 0 Å². The van der Waals surface area contributed by atoms with Crippen molar-refractivity contribution < 1.29 is 13.2 Å². The third kappa shape index (κ3) is 4.03. The Hall–Kier alpha value is -1.96. The van der Waals surface area contributed by atoms with Crippen LogP contribution in [-0.2, 0) is 12.7 Å². The highest BCUT2D eigenvalue weighted by atomic mass is 19.4. The van der Waals surface area contributed by atoms with Crippen LogP contribution in [0.25, 0.3) is 0 Å².